The average Bonchev–Trinajstić information content (AvgIpc) is 2.38. The van der Waals surface area contributed by atoms with Gasteiger partial charge in [-0.2, -0.15) is 13.2 Å². The van der Waals surface area contributed by atoms with E-state index in [4.69, 9.17) is 0 Å². The van der Waals surface area contributed by atoms with Crippen molar-refractivity contribution in [3.8, 4) is 0 Å². The number of rotatable bonds is 2. The molecule has 1 aromatic rings. The summed E-state index contributed by atoms with van der Waals surface area (Å²) in [6.07, 6.45) is -2.42. The van der Waals surface area contributed by atoms with Gasteiger partial charge in [0, 0.05) is 29.3 Å². The zero-order valence-electron chi connectivity index (χ0n) is 10.6. The Balaban J connectivity index is 2.18. The maximum Gasteiger partial charge on any atom is 0.417 e. The van der Waals surface area contributed by atoms with Crippen molar-refractivity contribution in [2.45, 2.75) is 25.1 Å². The van der Waals surface area contributed by atoms with E-state index in [1.165, 1.54) is 12.1 Å². The lowest BCUT2D eigenvalue weighted by Gasteiger charge is -2.33. The van der Waals surface area contributed by atoms with Crippen LogP contribution >= 0.6 is 15.9 Å². The SMILES string of the molecule is CNC1CCN(c2ccc(Br)c(C(F)(F)F)c2)CC1. The van der Waals surface area contributed by atoms with Crippen molar-refractivity contribution in [1.29, 1.82) is 0 Å². The molecule has 19 heavy (non-hydrogen) atoms. The minimum Gasteiger partial charge on any atom is -0.371 e. The van der Waals surface area contributed by atoms with E-state index in [0.29, 0.717) is 11.7 Å². The molecule has 0 unspecified atom stereocenters. The van der Waals surface area contributed by atoms with Gasteiger partial charge in [0.25, 0.3) is 0 Å². The van der Waals surface area contributed by atoms with E-state index in [0.717, 1.165) is 25.9 Å². The predicted octanol–water partition coefficient (Wildman–Crippen LogP) is 3.66. The normalized spacial score (nSPS) is 17.8. The Morgan fingerprint density at radius 1 is 1.26 bits per heavy atom. The van der Waals surface area contributed by atoms with Crippen LogP contribution in [-0.2, 0) is 6.18 Å². The highest BCUT2D eigenvalue weighted by Crippen LogP contribution is 2.37. The van der Waals surface area contributed by atoms with Crippen LogP contribution in [0.15, 0.2) is 22.7 Å². The molecule has 0 bridgehead atoms. The summed E-state index contributed by atoms with van der Waals surface area (Å²) in [6.45, 7) is 1.56. The van der Waals surface area contributed by atoms with Crippen LogP contribution in [-0.4, -0.2) is 26.2 Å². The predicted molar refractivity (Wildman–Crippen MR) is 73.4 cm³/mol. The van der Waals surface area contributed by atoms with Crippen molar-refractivity contribution < 1.29 is 13.2 Å². The standard InChI is InChI=1S/C13H16BrF3N2/c1-18-9-4-6-19(7-5-9)10-2-3-12(14)11(8-10)13(15,16)17/h2-3,8-9,18H,4-7H2,1H3. The Morgan fingerprint density at radius 2 is 1.89 bits per heavy atom. The van der Waals surface area contributed by atoms with Crippen LogP contribution in [0.4, 0.5) is 18.9 Å². The molecule has 1 N–H and O–H groups in total. The van der Waals surface area contributed by atoms with Gasteiger partial charge in [0.15, 0.2) is 0 Å². The molecule has 0 saturated carbocycles. The fourth-order valence-electron chi connectivity index (χ4n) is 2.35. The quantitative estimate of drug-likeness (QED) is 0.886. The first kappa shape index (κ1) is 14.7. The van der Waals surface area contributed by atoms with Crippen molar-refractivity contribution in [2.24, 2.45) is 0 Å². The number of hydrogen-bond acceptors (Lipinski definition) is 2. The summed E-state index contributed by atoms with van der Waals surface area (Å²) in [4.78, 5) is 2.01. The maximum atomic E-state index is 12.9. The van der Waals surface area contributed by atoms with Gasteiger partial charge in [-0.05, 0) is 38.1 Å². The van der Waals surface area contributed by atoms with Crippen LogP contribution in [0.2, 0.25) is 0 Å². The molecule has 1 aliphatic rings. The van der Waals surface area contributed by atoms with Crippen molar-refractivity contribution >= 4 is 21.6 Å². The monoisotopic (exact) mass is 336 g/mol. The highest BCUT2D eigenvalue weighted by Gasteiger charge is 2.33. The van der Waals surface area contributed by atoms with E-state index in [-0.39, 0.29) is 4.47 Å². The number of hydrogen-bond donors (Lipinski definition) is 1. The zero-order valence-corrected chi connectivity index (χ0v) is 12.2. The Labute approximate surface area is 119 Å². The molecule has 2 rings (SSSR count). The Hall–Kier alpha value is -0.750. The Kier molecular flexibility index (Phi) is 4.40. The first-order valence-corrected chi connectivity index (χ1v) is 7.00. The number of piperidine rings is 1. The van der Waals surface area contributed by atoms with Gasteiger partial charge in [0.05, 0.1) is 5.56 Å². The van der Waals surface area contributed by atoms with Crippen molar-refractivity contribution in [2.75, 3.05) is 25.0 Å². The van der Waals surface area contributed by atoms with Gasteiger partial charge in [-0.3, -0.25) is 0 Å². The molecule has 1 saturated heterocycles. The van der Waals surface area contributed by atoms with E-state index in [1.807, 2.05) is 11.9 Å². The van der Waals surface area contributed by atoms with E-state index in [2.05, 4.69) is 21.2 Å². The molecule has 1 aromatic carbocycles. The number of anilines is 1. The van der Waals surface area contributed by atoms with Crippen LogP contribution in [0.5, 0.6) is 0 Å². The second-order valence-corrected chi connectivity index (χ2v) is 5.57. The molecule has 0 radical (unpaired) electrons. The molecule has 0 aliphatic carbocycles. The number of nitrogens with zero attached hydrogens (tertiary/aromatic N) is 1. The smallest absolute Gasteiger partial charge is 0.371 e. The molecule has 1 aliphatic heterocycles. The summed E-state index contributed by atoms with van der Waals surface area (Å²) < 4.78 is 38.7. The number of halogens is 4. The zero-order chi connectivity index (χ0) is 14.0. The van der Waals surface area contributed by atoms with Crippen LogP contribution in [0.3, 0.4) is 0 Å². The lowest BCUT2D eigenvalue weighted by Crippen LogP contribution is -2.41. The molecule has 106 valence electrons. The van der Waals surface area contributed by atoms with E-state index >= 15 is 0 Å². The fourth-order valence-corrected chi connectivity index (χ4v) is 2.82. The molecular formula is C13H16BrF3N2. The van der Waals surface area contributed by atoms with Crippen LogP contribution in [0.1, 0.15) is 18.4 Å². The van der Waals surface area contributed by atoms with E-state index in [9.17, 15) is 13.2 Å². The van der Waals surface area contributed by atoms with Crippen molar-refractivity contribution in [3.05, 3.63) is 28.2 Å². The Bertz CT molecular complexity index is 440. The second-order valence-electron chi connectivity index (χ2n) is 4.71. The largest absolute Gasteiger partial charge is 0.417 e. The molecular weight excluding hydrogens is 321 g/mol. The molecule has 1 heterocycles. The molecule has 6 heteroatoms. The van der Waals surface area contributed by atoms with Crippen molar-refractivity contribution in [3.63, 3.8) is 0 Å². The van der Waals surface area contributed by atoms with Gasteiger partial charge in [-0.15, -0.1) is 0 Å². The summed E-state index contributed by atoms with van der Waals surface area (Å²) in [7, 11) is 1.92. The lowest BCUT2D eigenvalue weighted by atomic mass is 10.0. The van der Waals surface area contributed by atoms with Gasteiger partial charge in [0.2, 0.25) is 0 Å². The summed E-state index contributed by atoms with van der Waals surface area (Å²) in [5.41, 5.74) is 0.0332. The summed E-state index contributed by atoms with van der Waals surface area (Å²) in [5, 5.41) is 3.21. The fraction of sp³-hybridized carbons (Fsp3) is 0.538. The van der Waals surface area contributed by atoms with Crippen molar-refractivity contribution in [1.82, 2.24) is 5.32 Å². The first-order chi connectivity index (χ1) is 8.91. The van der Waals surface area contributed by atoms with E-state index in [1.54, 1.807) is 6.07 Å². The molecule has 0 atom stereocenters. The summed E-state index contributed by atoms with van der Waals surface area (Å²) in [5.74, 6) is 0. The maximum absolute atomic E-state index is 12.9. The van der Waals surface area contributed by atoms with Gasteiger partial charge in [0.1, 0.15) is 0 Å². The van der Waals surface area contributed by atoms with Gasteiger partial charge in [-0.1, -0.05) is 15.9 Å². The number of nitrogens with one attached hydrogen (secondary N) is 1. The van der Waals surface area contributed by atoms with Gasteiger partial charge in [-0.25, -0.2) is 0 Å². The number of benzene rings is 1. The average molecular weight is 337 g/mol. The Morgan fingerprint density at radius 3 is 2.42 bits per heavy atom. The van der Waals surface area contributed by atoms with Gasteiger partial charge < -0.3 is 10.2 Å². The molecule has 2 nitrogen and oxygen atoms in total. The van der Waals surface area contributed by atoms with E-state index < -0.39 is 11.7 Å². The third-order valence-corrected chi connectivity index (χ3v) is 4.22. The first-order valence-electron chi connectivity index (χ1n) is 6.21. The lowest BCUT2D eigenvalue weighted by molar-refractivity contribution is -0.138. The second kappa shape index (κ2) is 5.71. The molecule has 1 fully saturated rings. The minimum atomic E-state index is -4.32. The van der Waals surface area contributed by atoms with Crippen LogP contribution in [0.25, 0.3) is 0 Å². The summed E-state index contributed by atoms with van der Waals surface area (Å²) >= 11 is 2.96. The molecule has 0 aromatic heterocycles. The van der Waals surface area contributed by atoms with Crippen LogP contribution < -0.4 is 10.2 Å². The van der Waals surface area contributed by atoms with Crippen LogP contribution in [0, 0.1) is 0 Å². The minimum absolute atomic E-state index is 0.0915. The molecule has 0 spiro atoms. The topological polar surface area (TPSA) is 15.3 Å². The third-order valence-electron chi connectivity index (χ3n) is 3.52. The third kappa shape index (κ3) is 3.42. The summed E-state index contributed by atoms with van der Waals surface area (Å²) in [6, 6.07) is 4.90. The highest BCUT2D eigenvalue weighted by molar-refractivity contribution is 9.10. The number of alkyl halides is 3. The van der Waals surface area contributed by atoms with Gasteiger partial charge >= 0.3 is 6.18 Å². The highest BCUT2D eigenvalue weighted by atomic mass is 79.9. The molecule has 0 amide bonds.